The average molecular weight is 318 g/mol. The van der Waals surface area contributed by atoms with Gasteiger partial charge in [0.25, 0.3) is 0 Å². The first-order chi connectivity index (χ1) is 9.95. The number of halogens is 4. The first-order valence-corrected chi connectivity index (χ1v) is 6.68. The Morgan fingerprint density at radius 3 is 2.71 bits per heavy atom. The third-order valence-corrected chi connectivity index (χ3v) is 3.67. The molecule has 0 N–H and O–H groups in total. The lowest BCUT2D eigenvalue weighted by atomic mass is 10.0. The fraction of sp³-hybridized carbons (Fsp3) is 0.385. The van der Waals surface area contributed by atoms with Crippen LogP contribution in [0.4, 0.5) is 13.2 Å². The van der Waals surface area contributed by atoms with E-state index in [0.717, 1.165) is 6.07 Å². The van der Waals surface area contributed by atoms with E-state index in [2.05, 4.69) is 10.3 Å². The van der Waals surface area contributed by atoms with E-state index in [4.69, 9.17) is 16.3 Å². The summed E-state index contributed by atoms with van der Waals surface area (Å²) in [4.78, 5) is 0. The summed E-state index contributed by atoms with van der Waals surface area (Å²) in [5.74, 6) is 0.395. The lowest BCUT2D eigenvalue weighted by Crippen LogP contribution is -2.29. The topological polar surface area (TPSA) is 39.9 Å². The Morgan fingerprint density at radius 2 is 2.10 bits per heavy atom. The largest absolute Gasteiger partial charge is 0.417 e. The van der Waals surface area contributed by atoms with Gasteiger partial charge in [0.1, 0.15) is 0 Å². The molecule has 1 aliphatic heterocycles. The summed E-state index contributed by atoms with van der Waals surface area (Å²) in [6, 6.07) is 3.71. The summed E-state index contributed by atoms with van der Waals surface area (Å²) in [5.41, 5.74) is -0.0158. The first-order valence-electron chi connectivity index (χ1n) is 6.30. The highest BCUT2D eigenvalue weighted by atomic mass is 35.5. The second kappa shape index (κ2) is 5.31. The molecular weight excluding hydrogens is 307 g/mol. The third kappa shape index (κ3) is 2.89. The fourth-order valence-electron chi connectivity index (χ4n) is 2.12. The third-order valence-electron chi connectivity index (χ3n) is 3.28. The van der Waals surface area contributed by atoms with Crippen molar-refractivity contribution in [3.63, 3.8) is 0 Å². The molecule has 8 heteroatoms. The normalized spacial score (nSPS) is 16.0. The number of rotatable bonds is 3. The highest BCUT2D eigenvalue weighted by molar-refractivity contribution is 6.33. The number of ether oxygens (including phenoxy) is 1. The van der Waals surface area contributed by atoms with Crippen LogP contribution in [0, 0.1) is 5.92 Å². The molecule has 0 atom stereocenters. The van der Waals surface area contributed by atoms with E-state index in [-0.39, 0.29) is 10.7 Å². The molecule has 1 saturated heterocycles. The second-order valence-electron chi connectivity index (χ2n) is 4.90. The number of aromatic nitrogens is 3. The molecule has 112 valence electrons. The Morgan fingerprint density at radius 1 is 1.33 bits per heavy atom. The van der Waals surface area contributed by atoms with Crippen molar-refractivity contribution >= 4 is 11.6 Å². The Labute approximate surface area is 123 Å². The van der Waals surface area contributed by atoms with Crippen LogP contribution in [0.3, 0.4) is 0 Å². The van der Waals surface area contributed by atoms with Crippen molar-refractivity contribution in [1.29, 1.82) is 0 Å². The Bertz CT molecular complexity index is 652. The Balaban J connectivity index is 1.89. The lowest BCUT2D eigenvalue weighted by Gasteiger charge is -2.24. The van der Waals surface area contributed by atoms with Crippen LogP contribution in [0.1, 0.15) is 11.3 Å². The monoisotopic (exact) mass is 317 g/mol. The van der Waals surface area contributed by atoms with E-state index in [1.165, 1.54) is 16.8 Å². The van der Waals surface area contributed by atoms with Gasteiger partial charge >= 0.3 is 6.18 Å². The maximum absolute atomic E-state index is 12.8. The van der Waals surface area contributed by atoms with Crippen LogP contribution >= 0.6 is 11.6 Å². The Hall–Kier alpha value is -1.60. The van der Waals surface area contributed by atoms with Crippen LogP contribution in [-0.2, 0) is 17.3 Å². The van der Waals surface area contributed by atoms with E-state index in [1.54, 1.807) is 6.20 Å². The number of hydrogen-bond acceptors (Lipinski definition) is 3. The highest BCUT2D eigenvalue weighted by Crippen LogP contribution is 2.37. The number of benzene rings is 1. The summed E-state index contributed by atoms with van der Waals surface area (Å²) < 4.78 is 44.8. The van der Waals surface area contributed by atoms with Crippen LogP contribution in [0.5, 0.6) is 0 Å². The standard InChI is InChI=1S/C13H11ClF3N3O/c14-12-10(13(15,16)17)2-1-3-11(12)20-5-9(18-19-20)4-8-6-21-7-8/h1-3,5,8H,4,6-7H2. The van der Waals surface area contributed by atoms with Gasteiger partial charge in [0.15, 0.2) is 0 Å². The van der Waals surface area contributed by atoms with Crippen LogP contribution < -0.4 is 0 Å². The number of nitrogens with zero attached hydrogens (tertiary/aromatic N) is 3. The van der Waals surface area contributed by atoms with Gasteiger partial charge < -0.3 is 4.74 Å². The zero-order valence-corrected chi connectivity index (χ0v) is 11.5. The zero-order chi connectivity index (χ0) is 15.0. The predicted octanol–water partition coefficient (Wildman–Crippen LogP) is 3.13. The van der Waals surface area contributed by atoms with Crippen molar-refractivity contribution in [2.45, 2.75) is 12.6 Å². The maximum atomic E-state index is 12.8. The molecule has 0 unspecified atom stereocenters. The molecule has 2 heterocycles. The van der Waals surface area contributed by atoms with Crippen LogP contribution in [0.2, 0.25) is 5.02 Å². The molecule has 0 aliphatic carbocycles. The minimum Gasteiger partial charge on any atom is -0.381 e. The average Bonchev–Trinajstić information content (AvgIpc) is 2.81. The SMILES string of the molecule is FC(F)(F)c1cccc(-n2cc(CC3COC3)nn2)c1Cl. The van der Waals surface area contributed by atoms with Crippen molar-refractivity contribution in [3.8, 4) is 5.69 Å². The summed E-state index contributed by atoms with van der Waals surface area (Å²) in [5, 5.41) is 7.44. The zero-order valence-electron chi connectivity index (χ0n) is 10.8. The van der Waals surface area contributed by atoms with Crippen LogP contribution in [0.15, 0.2) is 24.4 Å². The molecule has 0 amide bonds. The maximum Gasteiger partial charge on any atom is 0.417 e. The van der Waals surface area contributed by atoms with E-state index in [1.807, 2.05) is 0 Å². The molecule has 1 aromatic carbocycles. The first kappa shape index (κ1) is 14.3. The molecule has 1 aliphatic rings. The molecule has 1 aromatic heterocycles. The number of hydrogen-bond donors (Lipinski definition) is 0. The smallest absolute Gasteiger partial charge is 0.381 e. The molecule has 0 bridgehead atoms. The van der Waals surface area contributed by atoms with Crippen molar-refractivity contribution in [2.24, 2.45) is 5.92 Å². The van der Waals surface area contributed by atoms with Crippen LogP contribution in [0.25, 0.3) is 5.69 Å². The quantitative estimate of drug-likeness (QED) is 0.873. The minimum absolute atomic E-state index is 0.162. The minimum atomic E-state index is -4.50. The highest BCUT2D eigenvalue weighted by Gasteiger charge is 2.34. The van der Waals surface area contributed by atoms with E-state index in [9.17, 15) is 13.2 Å². The van der Waals surface area contributed by atoms with Gasteiger partial charge in [-0.1, -0.05) is 22.9 Å². The molecule has 2 aromatic rings. The summed E-state index contributed by atoms with van der Waals surface area (Å²) in [6.07, 6.45) is -2.21. The lowest BCUT2D eigenvalue weighted by molar-refractivity contribution is -0.137. The summed E-state index contributed by atoms with van der Waals surface area (Å²) in [6.45, 7) is 1.36. The fourth-order valence-corrected chi connectivity index (χ4v) is 2.44. The van der Waals surface area contributed by atoms with Gasteiger partial charge in [0.05, 0.1) is 41.4 Å². The van der Waals surface area contributed by atoms with Gasteiger partial charge in [0.2, 0.25) is 0 Å². The molecule has 0 radical (unpaired) electrons. The van der Waals surface area contributed by atoms with Crippen molar-refractivity contribution in [1.82, 2.24) is 15.0 Å². The van der Waals surface area contributed by atoms with Gasteiger partial charge in [-0.25, -0.2) is 4.68 Å². The van der Waals surface area contributed by atoms with Gasteiger partial charge in [-0.3, -0.25) is 0 Å². The van der Waals surface area contributed by atoms with Crippen molar-refractivity contribution in [3.05, 3.63) is 40.7 Å². The molecule has 3 rings (SSSR count). The van der Waals surface area contributed by atoms with Crippen molar-refractivity contribution in [2.75, 3.05) is 13.2 Å². The van der Waals surface area contributed by atoms with Gasteiger partial charge in [-0.15, -0.1) is 5.10 Å². The summed E-state index contributed by atoms with van der Waals surface area (Å²) >= 11 is 5.85. The van der Waals surface area contributed by atoms with Crippen molar-refractivity contribution < 1.29 is 17.9 Å². The molecule has 21 heavy (non-hydrogen) atoms. The van der Waals surface area contributed by atoms with E-state index < -0.39 is 11.7 Å². The van der Waals surface area contributed by atoms with Crippen LogP contribution in [-0.4, -0.2) is 28.2 Å². The molecule has 1 fully saturated rings. The predicted molar refractivity (Wildman–Crippen MR) is 69.4 cm³/mol. The van der Waals surface area contributed by atoms with Gasteiger partial charge in [-0.05, 0) is 12.1 Å². The molecule has 0 saturated carbocycles. The molecule has 4 nitrogen and oxygen atoms in total. The second-order valence-corrected chi connectivity index (χ2v) is 5.28. The molecule has 0 spiro atoms. The van der Waals surface area contributed by atoms with Gasteiger partial charge in [0, 0.05) is 12.3 Å². The Kier molecular flexibility index (Phi) is 3.62. The van der Waals surface area contributed by atoms with E-state index >= 15 is 0 Å². The van der Waals surface area contributed by atoms with Gasteiger partial charge in [-0.2, -0.15) is 13.2 Å². The summed E-state index contributed by atoms with van der Waals surface area (Å²) in [7, 11) is 0. The molecular formula is C13H11ClF3N3O. The number of alkyl halides is 3. The van der Waals surface area contributed by atoms with E-state index in [0.29, 0.717) is 31.2 Å².